The molecule has 0 bridgehead atoms. The van der Waals surface area contributed by atoms with Crippen LogP contribution in [0.3, 0.4) is 0 Å². The van der Waals surface area contributed by atoms with Crippen LogP contribution in [-0.4, -0.2) is 86.2 Å². The summed E-state index contributed by atoms with van der Waals surface area (Å²) in [6, 6.07) is 0.298. The zero-order chi connectivity index (χ0) is 20.8. The highest BCUT2D eigenvalue weighted by molar-refractivity contribution is 5.81. The molecule has 2 aliphatic heterocycles. The Labute approximate surface area is 182 Å². The number of hydrogen-bond acceptors (Lipinski definition) is 4. The summed E-state index contributed by atoms with van der Waals surface area (Å²) in [6.07, 6.45) is 12.1. The van der Waals surface area contributed by atoms with E-state index in [-0.39, 0.29) is 11.5 Å². The summed E-state index contributed by atoms with van der Waals surface area (Å²) in [5, 5.41) is 7.26. The first kappa shape index (κ1) is 21.9. The number of hydrogen-bond donors (Lipinski definition) is 2. The topological polar surface area (TPSA) is 69.2 Å². The van der Waals surface area contributed by atoms with Crippen LogP contribution in [0, 0.1) is 5.92 Å². The van der Waals surface area contributed by atoms with E-state index in [9.17, 15) is 4.79 Å². The molecule has 2 heterocycles. The van der Waals surface area contributed by atoms with Crippen molar-refractivity contribution in [3.8, 4) is 0 Å². The number of ether oxygens (including phenoxy) is 1. The van der Waals surface area contributed by atoms with Gasteiger partial charge in [0.1, 0.15) is 0 Å². The first-order valence-corrected chi connectivity index (χ1v) is 12.3. The molecule has 0 aromatic rings. The van der Waals surface area contributed by atoms with Crippen molar-refractivity contribution in [3.63, 3.8) is 0 Å². The maximum absolute atomic E-state index is 12.7. The molecule has 0 radical (unpaired) electrons. The quantitative estimate of drug-likeness (QED) is 0.527. The van der Waals surface area contributed by atoms with E-state index in [1.54, 1.807) is 0 Å². The van der Waals surface area contributed by atoms with E-state index < -0.39 is 0 Å². The van der Waals surface area contributed by atoms with E-state index in [2.05, 4.69) is 25.4 Å². The fourth-order valence-electron chi connectivity index (χ4n) is 6.00. The Hall–Kier alpha value is -1.34. The Morgan fingerprint density at radius 2 is 1.77 bits per heavy atom. The minimum atomic E-state index is 0.222. The maximum atomic E-state index is 12.7. The van der Waals surface area contributed by atoms with Crippen molar-refractivity contribution in [2.75, 3.05) is 53.0 Å². The second-order valence-corrected chi connectivity index (χ2v) is 9.71. The van der Waals surface area contributed by atoms with Crippen molar-refractivity contribution in [2.45, 2.75) is 75.8 Å². The molecule has 7 heteroatoms. The predicted octanol–water partition coefficient (Wildman–Crippen LogP) is 1.98. The largest absolute Gasteiger partial charge is 0.379 e. The number of nitrogens with one attached hydrogen (secondary N) is 2. The van der Waals surface area contributed by atoms with Gasteiger partial charge >= 0.3 is 0 Å². The van der Waals surface area contributed by atoms with Gasteiger partial charge in [-0.1, -0.05) is 32.1 Å². The number of likely N-dealkylation sites (tertiary alicyclic amines) is 1. The van der Waals surface area contributed by atoms with Crippen LogP contribution in [-0.2, 0) is 9.53 Å². The molecule has 170 valence electrons. The molecule has 2 N–H and O–H groups in total. The van der Waals surface area contributed by atoms with Crippen molar-refractivity contribution < 1.29 is 9.53 Å². The van der Waals surface area contributed by atoms with Gasteiger partial charge in [0, 0.05) is 57.3 Å². The van der Waals surface area contributed by atoms with Gasteiger partial charge in [0.2, 0.25) is 5.91 Å². The Morgan fingerprint density at radius 3 is 2.47 bits per heavy atom. The van der Waals surface area contributed by atoms with Crippen molar-refractivity contribution in [2.24, 2.45) is 10.9 Å². The average Bonchev–Trinajstić information content (AvgIpc) is 3.50. The molecule has 30 heavy (non-hydrogen) atoms. The average molecular weight is 420 g/mol. The second-order valence-electron chi connectivity index (χ2n) is 9.71. The summed E-state index contributed by atoms with van der Waals surface area (Å²) in [5.41, 5.74) is 0.222. The molecule has 0 spiro atoms. The Morgan fingerprint density at radius 1 is 1.03 bits per heavy atom. The molecule has 7 nitrogen and oxygen atoms in total. The lowest BCUT2D eigenvalue weighted by Gasteiger charge is -2.48. The van der Waals surface area contributed by atoms with Crippen LogP contribution in [0.15, 0.2) is 4.99 Å². The minimum Gasteiger partial charge on any atom is -0.379 e. The van der Waals surface area contributed by atoms with Gasteiger partial charge in [-0.15, -0.1) is 0 Å². The Kier molecular flexibility index (Phi) is 7.52. The SMILES string of the molecule is CN=C(NCC1(N2CCOCC2)CCCCC1)NC1CCN(C(=O)C2CCCC2)C1. The number of nitrogens with zero attached hydrogens (tertiary/aromatic N) is 3. The standard InChI is InChI=1S/C23H41N5O2/c1-24-22(26-20-9-12-27(17-20)21(29)19-7-3-4-8-19)25-18-23(10-5-2-6-11-23)28-13-15-30-16-14-28/h19-20H,2-18H2,1H3,(H2,24,25,26). The summed E-state index contributed by atoms with van der Waals surface area (Å²) in [6.45, 7) is 6.39. The number of guanidine groups is 1. The van der Waals surface area contributed by atoms with Gasteiger partial charge in [0.25, 0.3) is 0 Å². The van der Waals surface area contributed by atoms with Gasteiger partial charge in [-0.2, -0.15) is 0 Å². The van der Waals surface area contributed by atoms with Crippen molar-refractivity contribution in [3.05, 3.63) is 0 Å². The lowest BCUT2D eigenvalue weighted by molar-refractivity contribution is -0.134. The number of carbonyl (C=O) groups is 1. The number of carbonyl (C=O) groups excluding carboxylic acids is 1. The summed E-state index contributed by atoms with van der Waals surface area (Å²) >= 11 is 0. The van der Waals surface area contributed by atoms with Crippen molar-refractivity contribution in [1.82, 2.24) is 20.4 Å². The van der Waals surface area contributed by atoms with Crippen LogP contribution in [0.2, 0.25) is 0 Å². The Balaban J connectivity index is 1.29. The van der Waals surface area contributed by atoms with Gasteiger partial charge in [0.05, 0.1) is 13.2 Å². The predicted molar refractivity (Wildman–Crippen MR) is 120 cm³/mol. The zero-order valence-corrected chi connectivity index (χ0v) is 18.8. The van der Waals surface area contributed by atoms with Gasteiger partial charge in [0.15, 0.2) is 5.96 Å². The van der Waals surface area contributed by atoms with E-state index in [1.165, 1.54) is 44.9 Å². The lowest BCUT2D eigenvalue weighted by Crippen LogP contribution is -2.61. The van der Waals surface area contributed by atoms with Crippen LogP contribution in [0.1, 0.15) is 64.2 Å². The third kappa shape index (κ3) is 5.10. The number of amides is 1. The van der Waals surface area contributed by atoms with Crippen LogP contribution >= 0.6 is 0 Å². The first-order valence-electron chi connectivity index (χ1n) is 12.3. The first-order chi connectivity index (χ1) is 14.7. The molecule has 2 saturated heterocycles. The monoisotopic (exact) mass is 419 g/mol. The normalized spacial score (nSPS) is 28.6. The maximum Gasteiger partial charge on any atom is 0.225 e. The Bertz CT molecular complexity index is 592. The molecule has 0 aromatic carbocycles. The highest BCUT2D eigenvalue weighted by atomic mass is 16.5. The van der Waals surface area contributed by atoms with E-state index in [4.69, 9.17) is 4.74 Å². The molecule has 4 fully saturated rings. The molecule has 4 rings (SSSR count). The summed E-state index contributed by atoms with van der Waals surface area (Å²) in [4.78, 5) is 22.0. The molecule has 4 aliphatic rings. The van der Waals surface area contributed by atoms with Gasteiger partial charge in [-0.25, -0.2) is 0 Å². The lowest BCUT2D eigenvalue weighted by atomic mass is 9.80. The molecule has 0 aromatic heterocycles. The smallest absolute Gasteiger partial charge is 0.225 e. The summed E-state index contributed by atoms with van der Waals surface area (Å²) < 4.78 is 5.61. The fraction of sp³-hybridized carbons (Fsp3) is 0.913. The van der Waals surface area contributed by atoms with Crippen LogP contribution < -0.4 is 10.6 Å². The van der Waals surface area contributed by atoms with Gasteiger partial charge in [-0.05, 0) is 32.1 Å². The zero-order valence-electron chi connectivity index (χ0n) is 18.8. The molecule has 1 amide bonds. The number of aliphatic imine (C=N–C) groups is 1. The number of rotatable bonds is 5. The highest BCUT2D eigenvalue weighted by Gasteiger charge is 2.39. The van der Waals surface area contributed by atoms with Crippen LogP contribution in [0.25, 0.3) is 0 Å². The molecular weight excluding hydrogens is 378 g/mol. The van der Waals surface area contributed by atoms with Crippen molar-refractivity contribution >= 4 is 11.9 Å². The fourth-order valence-corrected chi connectivity index (χ4v) is 6.00. The molecule has 1 unspecified atom stereocenters. The third-order valence-electron chi connectivity index (χ3n) is 7.82. The van der Waals surface area contributed by atoms with Gasteiger partial charge < -0.3 is 20.3 Å². The van der Waals surface area contributed by atoms with Crippen molar-refractivity contribution in [1.29, 1.82) is 0 Å². The van der Waals surface area contributed by atoms with E-state index >= 15 is 0 Å². The summed E-state index contributed by atoms with van der Waals surface area (Å²) in [5.74, 6) is 1.54. The number of morpholine rings is 1. The molecule has 2 saturated carbocycles. The third-order valence-corrected chi connectivity index (χ3v) is 7.82. The van der Waals surface area contributed by atoms with E-state index in [0.29, 0.717) is 11.9 Å². The molecule has 2 aliphatic carbocycles. The van der Waals surface area contributed by atoms with Crippen LogP contribution in [0.5, 0.6) is 0 Å². The van der Waals surface area contributed by atoms with E-state index in [1.807, 2.05) is 7.05 Å². The molecule has 1 atom stereocenters. The minimum absolute atomic E-state index is 0.222. The molecular formula is C23H41N5O2. The van der Waals surface area contributed by atoms with E-state index in [0.717, 1.165) is 71.2 Å². The van der Waals surface area contributed by atoms with Gasteiger partial charge in [-0.3, -0.25) is 14.7 Å². The highest BCUT2D eigenvalue weighted by Crippen LogP contribution is 2.34. The summed E-state index contributed by atoms with van der Waals surface area (Å²) in [7, 11) is 1.86. The second kappa shape index (κ2) is 10.3. The van der Waals surface area contributed by atoms with Crippen LogP contribution in [0.4, 0.5) is 0 Å².